The van der Waals surface area contributed by atoms with Crippen molar-refractivity contribution in [2.24, 2.45) is 0 Å². The highest BCUT2D eigenvalue weighted by atomic mass is 16.6. The second-order valence-corrected chi connectivity index (χ2v) is 3.94. The number of ether oxygens (including phenoxy) is 1. The number of carbonyl (C=O) groups is 2. The summed E-state index contributed by atoms with van der Waals surface area (Å²) in [4.78, 5) is 22.5. The van der Waals surface area contributed by atoms with Crippen LogP contribution in [-0.2, 0) is 11.2 Å². The van der Waals surface area contributed by atoms with E-state index in [1.807, 2.05) is 0 Å². The van der Waals surface area contributed by atoms with Gasteiger partial charge in [0.2, 0.25) is 0 Å². The predicted octanol–water partition coefficient (Wildman–Crippen LogP) is -1.29. The first-order valence-electron chi connectivity index (χ1n) is 5.57. The molecule has 1 aromatic rings. The number of esters is 1. The molecule has 8 nitrogen and oxygen atoms in total. The summed E-state index contributed by atoms with van der Waals surface area (Å²) in [6.45, 7) is -0.652. The number of carboxylic acid groups (broad SMARTS) is 1. The molecule has 0 unspecified atom stereocenters. The summed E-state index contributed by atoms with van der Waals surface area (Å²) < 4.78 is 4.56. The van der Waals surface area contributed by atoms with Crippen molar-refractivity contribution in [1.29, 1.82) is 0 Å². The molecule has 0 aromatic heterocycles. The highest BCUT2D eigenvalue weighted by molar-refractivity contribution is 5.94. The monoisotopic (exact) mass is 286 g/mol. The molecule has 0 heterocycles. The standard InChI is InChI=1S/C12H14O8/c13-9(14)4-7-3-6(11(17)18)1-2-8(7)12(19)20-5-10(15)16/h1-3,9-10,13-16H,4-5H2,(H,17,18). The highest BCUT2D eigenvalue weighted by Gasteiger charge is 2.18. The smallest absolute Gasteiger partial charge is 0.338 e. The van der Waals surface area contributed by atoms with Crippen LogP contribution in [0.5, 0.6) is 0 Å². The molecule has 8 heteroatoms. The van der Waals surface area contributed by atoms with Crippen LogP contribution in [0.1, 0.15) is 26.3 Å². The molecule has 0 aliphatic carbocycles. The molecule has 0 radical (unpaired) electrons. The second kappa shape index (κ2) is 6.96. The zero-order chi connectivity index (χ0) is 15.3. The molecule has 1 rings (SSSR count). The number of hydrogen-bond donors (Lipinski definition) is 5. The number of rotatable bonds is 6. The Balaban J connectivity index is 3.04. The SMILES string of the molecule is O=C(O)c1ccc(C(=O)OCC(O)O)c(CC(O)O)c1. The summed E-state index contributed by atoms with van der Waals surface area (Å²) >= 11 is 0. The third-order valence-electron chi connectivity index (χ3n) is 2.34. The van der Waals surface area contributed by atoms with Crippen molar-refractivity contribution in [3.63, 3.8) is 0 Å². The van der Waals surface area contributed by atoms with Gasteiger partial charge in [-0.25, -0.2) is 9.59 Å². The lowest BCUT2D eigenvalue weighted by Gasteiger charge is -2.12. The van der Waals surface area contributed by atoms with E-state index in [-0.39, 0.29) is 23.1 Å². The summed E-state index contributed by atoms with van der Waals surface area (Å²) in [5.41, 5.74) is -0.138. The minimum atomic E-state index is -1.83. The summed E-state index contributed by atoms with van der Waals surface area (Å²) in [7, 11) is 0. The van der Waals surface area contributed by atoms with Gasteiger partial charge in [0.05, 0.1) is 11.1 Å². The van der Waals surface area contributed by atoms with Gasteiger partial charge in [0.25, 0.3) is 0 Å². The minimum absolute atomic E-state index is 0.0670. The second-order valence-electron chi connectivity index (χ2n) is 3.94. The molecular weight excluding hydrogens is 272 g/mol. The van der Waals surface area contributed by atoms with Crippen LogP contribution in [0.25, 0.3) is 0 Å². The van der Waals surface area contributed by atoms with Gasteiger partial charge in [-0.05, 0) is 23.8 Å². The third kappa shape index (κ3) is 4.59. The van der Waals surface area contributed by atoms with Crippen molar-refractivity contribution in [2.75, 3.05) is 6.61 Å². The lowest BCUT2D eigenvalue weighted by atomic mass is 10.0. The molecule has 0 aliphatic heterocycles. The van der Waals surface area contributed by atoms with Crippen LogP contribution in [0.4, 0.5) is 0 Å². The first-order chi connectivity index (χ1) is 9.31. The van der Waals surface area contributed by atoms with E-state index < -0.39 is 31.1 Å². The number of carboxylic acids is 1. The van der Waals surface area contributed by atoms with Crippen molar-refractivity contribution in [3.05, 3.63) is 34.9 Å². The zero-order valence-electron chi connectivity index (χ0n) is 10.3. The Morgan fingerprint density at radius 2 is 1.75 bits per heavy atom. The molecule has 0 aliphatic rings. The summed E-state index contributed by atoms with van der Waals surface area (Å²) in [6.07, 6.45) is -3.97. The van der Waals surface area contributed by atoms with E-state index >= 15 is 0 Å². The maximum Gasteiger partial charge on any atom is 0.338 e. The van der Waals surface area contributed by atoms with Crippen molar-refractivity contribution >= 4 is 11.9 Å². The fraction of sp³-hybridized carbons (Fsp3) is 0.333. The summed E-state index contributed by atoms with van der Waals surface area (Å²) in [5.74, 6) is -2.16. The fourth-order valence-electron chi connectivity index (χ4n) is 1.52. The van der Waals surface area contributed by atoms with Crippen molar-refractivity contribution in [1.82, 2.24) is 0 Å². The Bertz CT molecular complexity index is 494. The van der Waals surface area contributed by atoms with E-state index in [9.17, 15) is 9.59 Å². The molecular formula is C12H14O8. The summed E-state index contributed by atoms with van der Waals surface area (Å²) in [5, 5.41) is 43.9. The van der Waals surface area contributed by atoms with Crippen LogP contribution in [0, 0.1) is 0 Å². The molecule has 110 valence electrons. The fourth-order valence-corrected chi connectivity index (χ4v) is 1.52. The molecule has 5 N–H and O–H groups in total. The topological polar surface area (TPSA) is 145 Å². The zero-order valence-corrected chi connectivity index (χ0v) is 10.3. The normalized spacial score (nSPS) is 10.9. The lowest BCUT2D eigenvalue weighted by Crippen LogP contribution is -2.20. The van der Waals surface area contributed by atoms with Gasteiger partial charge < -0.3 is 30.3 Å². The Kier molecular flexibility index (Phi) is 5.59. The Labute approximate surface area is 113 Å². The number of aliphatic hydroxyl groups is 4. The Morgan fingerprint density at radius 3 is 2.25 bits per heavy atom. The van der Waals surface area contributed by atoms with E-state index in [1.165, 1.54) is 0 Å². The van der Waals surface area contributed by atoms with Crippen LogP contribution in [0.2, 0.25) is 0 Å². The molecule has 0 amide bonds. The van der Waals surface area contributed by atoms with E-state index in [1.54, 1.807) is 0 Å². The maximum absolute atomic E-state index is 11.7. The van der Waals surface area contributed by atoms with Crippen LogP contribution in [0.3, 0.4) is 0 Å². The molecule has 1 aromatic carbocycles. The average molecular weight is 286 g/mol. The van der Waals surface area contributed by atoms with Crippen molar-refractivity contribution < 1.29 is 39.9 Å². The molecule has 0 spiro atoms. The van der Waals surface area contributed by atoms with E-state index in [4.69, 9.17) is 25.5 Å². The first-order valence-corrected chi connectivity index (χ1v) is 5.57. The van der Waals surface area contributed by atoms with E-state index in [0.29, 0.717) is 0 Å². The van der Waals surface area contributed by atoms with Crippen LogP contribution in [0.15, 0.2) is 18.2 Å². The van der Waals surface area contributed by atoms with Gasteiger partial charge in [-0.2, -0.15) is 0 Å². The number of carbonyl (C=O) groups excluding carboxylic acids is 1. The number of aromatic carboxylic acids is 1. The van der Waals surface area contributed by atoms with Gasteiger partial charge in [0, 0.05) is 6.42 Å². The predicted molar refractivity (Wildman–Crippen MR) is 63.8 cm³/mol. The van der Waals surface area contributed by atoms with Crippen molar-refractivity contribution in [3.8, 4) is 0 Å². The van der Waals surface area contributed by atoms with Gasteiger partial charge >= 0.3 is 11.9 Å². The van der Waals surface area contributed by atoms with Crippen molar-refractivity contribution in [2.45, 2.75) is 19.0 Å². The lowest BCUT2D eigenvalue weighted by molar-refractivity contribution is -0.0813. The Morgan fingerprint density at radius 1 is 1.10 bits per heavy atom. The maximum atomic E-state index is 11.7. The first kappa shape index (κ1) is 16.1. The van der Waals surface area contributed by atoms with Crippen LogP contribution in [-0.4, -0.2) is 56.7 Å². The van der Waals surface area contributed by atoms with Crippen LogP contribution >= 0.6 is 0 Å². The molecule has 0 bridgehead atoms. The quantitative estimate of drug-likeness (QED) is 0.321. The molecule has 0 saturated carbocycles. The average Bonchev–Trinajstić information content (AvgIpc) is 2.35. The van der Waals surface area contributed by atoms with Gasteiger partial charge in [0.1, 0.15) is 6.61 Å². The summed E-state index contributed by atoms with van der Waals surface area (Å²) in [6, 6.07) is 3.43. The highest BCUT2D eigenvalue weighted by Crippen LogP contribution is 2.16. The van der Waals surface area contributed by atoms with Gasteiger partial charge in [0.15, 0.2) is 12.6 Å². The van der Waals surface area contributed by atoms with Crippen LogP contribution < -0.4 is 0 Å². The molecule has 0 atom stereocenters. The van der Waals surface area contributed by atoms with E-state index in [0.717, 1.165) is 18.2 Å². The van der Waals surface area contributed by atoms with Gasteiger partial charge in [-0.1, -0.05) is 0 Å². The number of benzene rings is 1. The largest absolute Gasteiger partial charge is 0.478 e. The van der Waals surface area contributed by atoms with E-state index in [2.05, 4.69) is 4.74 Å². The Hall–Kier alpha value is -2.00. The number of hydrogen-bond acceptors (Lipinski definition) is 7. The minimum Gasteiger partial charge on any atom is -0.478 e. The molecule has 20 heavy (non-hydrogen) atoms. The van der Waals surface area contributed by atoms with Gasteiger partial charge in [-0.3, -0.25) is 0 Å². The van der Waals surface area contributed by atoms with Gasteiger partial charge in [-0.15, -0.1) is 0 Å². The third-order valence-corrected chi connectivity index (χ3v) is 2.34. The molecule has 0 saturated heterocycles. The number of aliphatic hydroxyl groups excluding tert-OH is 2. The molecule has 0 fully saturated rings.